The number of hydrogen-bond acceptors (Lipinski definition) is 3. The van der Waals surface area contributed by atoms with Gasteiger partial charge in [0, 0.05) is 25.2 Å². The van der Waals surface area contributed by atoms with Crippen LogP contribution in [0.2, 0.25) is 0 Å². The third-order valence-electron chi connectivity index (χ3n) is 4.25. The number of hydrogen-bond donors (Lipinski definition) is 1. The van der Waals surface area contributed by atoms with Crippen molar-refractivity contribution in [2.75, 3.05) is 13.6 Å². The lowest BCUT2D eigenvalue weighted by Crippen LogP contribution is -2.38. The number of likely N-dealkylation sites (tertiary alicyclic amines) is 1. The summed E-state index contributed by atoms with van der Waals surface area (Å²) in [6.07, 6.45) is 9.05. The van der Waals surface area contributed by atoms with E-state index >= 15 is 0 Å². The first-order valence-electron chi connectivity index (χ1n) is 7.13. The number of fused-ring (bicyclic) bond motifs is 1. The molecule has 1 aliphatic rings. The molecule has 0 amide bonds. The second-order valence-corrected chi connectivity index (χ2v) is 5.54. The highest BCUT2D eigenvalue weighted by atomic mass is 15.1. The van der Waals surface area contributed by atoms with Crippen molar-refractivity contribution in [1.29, 1.82) is 0 Å². The summed E-state index contributed by atoms with van der Waals surface area (Å²) in [5.74, 6) is 1.16. The van der Waals surface area contributed by atoms with Crippen molar-refractivity contribution < 1.29 is 0 Å². The van der Waals surface area contributed by atoms with Crippen LogP contribution in [0.3, 0.4) is 0 Å². The Balaban J connectivity index is 1.84. The fourth-order valence-corrected chi connectivity index (χ4v) is 2.99. The zero-order chi connectivity index (χ0) is 13.2. The number of likely N-dealkylation sites (N-methyl/N-ethyl adjacent to an activating group) is 1. The molecular weight excluding hydrogens is 236 g/mol. The lowest BCUT2D eigenvalue weighted by Gasteiger charge is -2.32. The molecule has 3 rings (SSSR count). The molecule has 0 radical (unpaired) electrons. The lowest BCUT2D eigenvalue weighted by atomic mass is 10.00. The van der Waals surface area contributed by atoms with Gasteiger partial charge >= 0.3 is 0 Å². The van der Waals surface area contributed by atoms with Gasteiger partial charge in [-0.3, -0.25) is 0 Å². The topological polar surface area (TPSA) is 46.6 Å². The van der Waals surface area contributed by atoms with Crippen LogP contribution in [-0.2, 0) is 13.0 Å². The molecule has 1 fully saturated rings. The molecule has 4 nitrogen and oxygen atoms in total. The molecule has 1 unspecified atom stereocenters. The van der Waals surface area contributed by atoms with Crippen LogP contribution >= 0.6 is 0 Å². The van der Waals surface area contributed by atoms with Gasteiger partial charge in [0.2, 0.25) is 0 Å². The van der Waals surface area contributed by atoms with Gasteiger partial charge in [0.15, 0.2) is 0 Å². The van der Waals surface area contributed by atoms with Gasteiger partial charge in [-0.25, -0.2) is 4.98 Å². The van der Waals surface area contributed by atoms with E-state index in [4.69, 9.17) is 5.73 Å². The Bertz CT molecular complexity index is 560. The maximum Gasteiger partial charge on any atom is 0.114 e. The Morgan fingerprint density at radius 1 is 1.42 bits per heavy atom. The quantitative estimate of drug-likeness (QED) is 0.913. The molecule has 0 aliphatic carbocycles. The number of aromatic nitrogens is 2. The number of imidazole rings is 1. The van der Waals surface area contributed by atoms with Crippen molar-refractivity contribution in [1.82, 2.24) is 14.3 Å². The van der Waals surface area contributed by atoms with Crippen LogP contribution in [0.25, 0.3) is 5.52 Å². The van der Waals surface area contributed by atoms with Gasteiger partial charge in [-0.2, -0.15) is 0 Å². The van der Waals surface area contributed by atoms with Crippen LogP contribution in [0.15, 0.2) is 24.5 Å². The molecular formula is C15H22N4. The molecule has 0 spiro atoms. The number of nitrogens with zero attached hydrogens (tertiary/aromatic N) is 3. The van der Waals surface area contributed by atoms with E-state index in [1.165, 1.54) is 25.8 Å². The minimum atomic E-state index is 0.586. The third-order valence-corrected chi connectivity index (χ3v) is 4.25. The molecule has 19 heavy (non-hydrogen) atoms. The van der Waals surface area contributed by atoms with Crippen molar-refractivity contribution in [2.24, 2.45) is 5.73 Å². The van der Waals surface area contributed by atoms with Crippen LogP contribution in [-0.4, -0.2) is 33.9 Å². The third kappa shape index (κ3) is 2.51. The number of piperidine rings is 1. The normalized spacial score (nSPS) is 21.1. The summed E-state index contributed by atoms with van der Waals surface area (Å²) in [5, 5.41) is 0. The first-order valence-corrected chi connectivity index (χ1v) is 7.13. The number of nitrogens with two attached hydrogens (primary N) is 1. The van der Waals surface area contributed by atoms with Crippen molar-refractivity contribution in [3.8, 4) is 0 Å². The lowest BCUT2D eigenvalue weighted by molar-refractivity contribution is 0.182. The molecule has 4 heteroatoms. The zero-order valence-corrected chi connectivity index (χ0v) is 11.5. The molecule has 0 bridgehead atoms. The predicted octanol–water partition coefficient (Wildman–Crippen LogP) is 1.82. The van der Waals surface area contributed by atoms with E-state index in [0.29, 0.717) is 12.6 Å². The standard InChI is InChI=1S/C15H22N4/c1-18-6-3-2-4-13(18)9-15-17-11-14-8-12(10-16)5-7-19(14)15/h5,7-8,11,13H,2-4,6,9-10,16H2,1H3. The highest BCUT2D eigenvalue weighted by Crippen LogP contribution is 2.19. The summed E-state index contributed by atoms with van der Waals surface area (Å²) in [5.41, 5.74) is 7.99. The van der Waals surface area contributed by atoms with Gasteiger partial charge in [0.25, 0.3) is 0 Å². The van der Waals surface area contributed by atoms with E-state index in [-0.39, 0.29) is 0 Å². The molecule has 1 saturated heterocycles. The van der Waals surface area contributed by atoms with Crippen molar-refractivity contribution >= 4 is 5.52 Å². The fourth-order valence-electron chi connectivity index (χ4n) is 2.99. The predicted molar refractivity (Wildman–Crippen MR) is 77.1 cm³/mol. The second-order valence-electron chi connectivity index (χ2n) is 5.54. The molecule has 102 valence electrons. The van der Waals surface area contributed by atoms with Gasteiger partial charge in [-0.15, -0.1) is 0 Å². The Kier molecular flexibility index (Phi) is 3.53. The molecule has 2 N–H and O–H groups in total. The summed E-state index contributed by atoms with van der Waals surface area (Å²) in [6.45, 7) is 1.80. The molecule has 1 aliphatic heterocycles. The summed E-state index contributed by atoms with van der Waals surface area (Å²) in [6, 6.07) is 4.85. The number of pyridine rings is 1. The maximum absolute atomic E-state index is 5.68. The molecule has 0 aromatic carbocycles. The molecule has 0 saturated carbocycles. The molecule has 3 heterocycles. The number of rotatable bonds is 3. The Hall–Kier alpha value is -1.39. The van der Waals surface area contributed by atoms with E-state index in [1.807, 2.05) is 6.20 Å². The molecule has 2 aromatic rings. The monoisotopic (exact) mass is 258 g/mol. The Labute approximate surface area is 114 Å². The molecule has 1 atom stereocenters. The van der Waals surface area contributed by atoms with E-state index in [2.05, 4.69) is 39.7 Å². The zero-order valence-electron chi connectivity index (χ0n) is 11.5. The van der Waals surface area contributed by atoms with Gasteiger partial charge in [-0.05, 0) is 44.1 Å². The first-order chi connectivity index (χ1) is 9.28. The Morgan fingerprint density at radius 2 is 2.32 bits per heavy atom. The SMILES string of the molecule is CN1CCCCC1Cc1ncc2cc(CN)ccn12. The Morgan fingerprint density at radius 3 is 3.11 bits per heavy atom. The molecule has 2 aromatic heterocycles. The van der Waals surface area contributed by atoms with Crippen LogP contribution in [0, 0.1) is 0 Å². The minimum Gasteiger partial charge on any atom is -0.326 e. The first kappa shape index (κ1) is 12.6. The van der Waals surface area contributed by atoms with E-state index < -0.39 is 0 Å². The van der Waals surface area contributed by atoms with Crippen LogP contribution in [0.4, 0.5) is 0 Å². The van der Waals surface area contributed by atoms with Crippen LogP contribution in [0.1, 0.15) is 30.7 Å². The van der Waals surface area contributed by atoms with Crippen LogP contribution < -0.4 is 5.73 Å². The smallest absolute Gasteiger partial charge is 0.114 e. The van der Waals surface area contributed by atoms with Crippen molar-refractivity contribution in [2.45, 2.75) is 38.3 Å². The van der Waals surface area contributed by atoms with Gasteiger partial charge < -0.3 is 15.0 Å². The highest BCUT2D eigenvalue weighted by Gasteiger charge is 2.20. The van der Waals surface area contributed by atoms with Crippen molar-refractivity contribution in [3.63, 3.8) is 0 Å². The van der Waals surface area contributed by atoms with Crippen LogP contribution in [0.5, 0.6) is 0 Å². The highest BCUT2D eigenvalue weighted by molar-refractivity contribution is 5.48. The largest absolute Gasteiger partial charge is 0.326 e. The maximum atomic E-state index is 5.68. The van der Waals surface area contributed by atoms with Crippen molar-refractivity contribution in [3.05, 3.63) is 35.9 Å². The van der Waals surface area contributed by atoms with Gasteiger partial charge in [-0.1, -0.05) is 6.42 Å². The summed E-state index contributed by atoms with van der Waals surface area (Å²) >= 11 is 0. The van der Waals surface area contributed by atoms with E-state index in [1.54, 1.807) is 0 Å². The van der Waals surface area contributed by atoms with E-state index in [9.17, 15) is 0 Å². The summed E-state index contributed by atoms with van der Waals surface area (Å²) in [7, 11) is 2.23. The summed E-state index contributed by atoms with van der Waals surface area (Å²) < 4.78 is 2.20. The summed E-state index contributed by atoms with van der Waals surface area (Å²) in [4.78, 5) is 7.07. The van der Waals surface area contributed by atoms with E-state index in [0.717, 1.165) is 23.3 Å². The average Bonchev–Trinajstić information content (AvgIpc) is 2.83. The van der Waals surface area contributed by atoms with Gasteiger partial charge in [0.1, 0.15) is 5.82 Å². The average molecular weight is 258 g/mol. The fraction of sp³-hybridized carbons (Fsp3) is 0.533. The minimum absolute atomic E-state index is 0.586. The van der Waals surface area contributed by atoms with Gasteiger partial charge in [0.05, 0.1) is 11.7 Å². The second kappa shape index (κ2) is 5.31.